The summed E-state index contributed by atoms with van der Waals surface area (Å²) in [5, 5.41) is 3.28. The van der Waals surface area contributed by atoms with Crippen LogP contribution < -0.4 is 5.32 Å². The molecule has 3 aromatic carbocycles. The van der Waals surface area contributed by atoms with Crippen LogP contribution in [0.2, 0.25) is 0 Å². The van der Waals surface area contributed by atoms with Gasteiger partial charge < -0.3 is 10.1 Å². The Morgan fingerprint density at radius 2 is 1.15 bits per heavy atom. The fourth-order valence-corrected chi connectivity index (χ4v) is 3.40. The minimum Gasteiger partial charge on any atom is -0.338 e. The number of benzene rings is 3. The van der Waals surface area contributed by atoms with Gasteiger partial charge in [0, 0.05) is 12.8 Å². The first-order valence-corrected chi connectivity index (χ1v) is 9.18. The van der Waals surface area contributed by atoms with Gasteiger partial charge in [-0.05, 0) is 23.1 Å². The molecule has 0 aromatic heterocycles. The Bertz CT molecular complexity index is 764. The number of hydrogen-bond acceptors (Lipinski definition) is 2. The number of carbonyl (C=O) groups excluding carboxylic acids is 2. The van der Waals surface area contributed by atoms with Crippen LogP contribution in [0.15, 0.2) is 91.0 Å². The van der Waals surface area contributed by atoms with Crippen molar-refractivity contribution in [3.05, 3.63) is 108 Å². The molecule has 0 aliphatic rings. The molecule has 0 aliphatic heterocycles. The minimum absolute atomic E-state index is 0.0755. The maximum Gasteiger partial charge on any atom is 0.221 e. The summed E-state index contributed by atoms with van der Waals surface area (Å²) >= 11 is 0. The van der Waals surface area contributed by atoms with E-state index >= 15 is 0 Å². The lowest BCUT2D eigenvalue weighted by atomic mass is 9.77. The van der Waals surface area contributed by atoms with Crippen LogP contribution in [0, 0.1) is 0 Å². The molecule has 0 radical (unpaired) electrons. The van der Waals surface area contributed by atoms with Crippen LogP contribution in [0.3, 0.4) is 0 Å². The van der Waals surface area contributed by atoms with Crippen LogP contribution in [0.5, 0.6) is 0 Å². The zero-order valence-corrected chi connectivity index (χ0v) is 15.2. The largest absolute Gasteiger partial charge is 0.338 e. The van der Waals surface area contributed by atoms with Gasteiger partial charge in [-0.2, -0.15) is 0 Å². The lowest BCUT2D eigenvalue weighted by Gasteiger charge is -2.37. The van der Waals surface area contributed by atoms with E-state index in [9.17, 15) is 9.59 Å². The Morgan fingerprint density at radius 1 is 0.741 bits per heavy atom. The van der Waals surface area contributed by atoms with Crippen molar-refractivity contribution in [2.75, 3.05) is 0 Å². The summed E-state index contributed by atoms with van der Waals surface area (Å²) in [6, 6.07) is 30.0. The highest BCUT2D eigenvalue weighted by atomic mass is 16.1. The van der Waals surface area contributed by atoms with E-state index in [4.69, 9.17) is 0 Å². The zero-order chi connectivity index (χ0) is 19.0. The monoisotopic (exact) mass is 357 g/mol. The molecule has 3 rings (SSSR count). The van der Waals surface area contributed by atoms with Gasteiger partial charge in [-0.3, -0.25) is 4.79 Å². The predicted octanol–water partition coefficient (Wildman–Crippen LogP) is 4.46. The predicted molar refractivity (Wildman–Crippen MR) is 107 cm³/mol. The van der Waals surface area contributed by atoms with Crippen LogP contribution in [0.1, 0.15) is 36.0 Å². The Labute approximate surface area is 160 Å². The molecule has 0 fully saturated rings. The highest BCUT2D eigenvalue weighted by molar-refractivity contribution is 5.79. The molecule has 136 valence electrons. The first-order valence-electron chi connectivity index (χ1n) is 9.18. The maximum absolute atomic E-state index is 12.8. The molecule has 1 N–H and O–H groups in total. The summed E-state index contributed by atoms with van der Waals surface area (Å²) in [6.45, 7) is 0. The molecule has 0 saturated heterocycles. The van der Waals surface area contributed by atoms with Gasteiger partial charge in [0.2, 0.25) is 5.91 Å². The van der Waals surface area contributed by atoms with E-state index in [1.807, 2.05) is 91.0 Å². The van der Waals surface area contributed by atoms with E-state index in [1.54, 1.807) is 0 Å². The number of nitrogens with one attached hydrogen (secondary N) is 1. The third-order valence-electron chi connectivity index (χ3n) is 4.67. The summed E-state index contributed by atoms with van der Waals surface area (Å²) in [7, 11) is 0. The van der Waals surface area contributed by atoms with Crippen molar-refractivity contribution < 1.29 is 9.59 Å². The van der Waals surface area contributed by atoms with E-state index in [0.717, 1.165) is 23.0 Å². The SMILES string of the molecule is O=CCCCC(=O)NC(c1ccccc1)(c1ccccc1)c1ccccc1. The van der Waals surface area contributed by atoms with Crippen LogP contribution in [-0.4, -0.2) is 12.2 Å². The number of hydrogen-bond donors (Lipinski definition) is 1. The molecule has 0 bridgehead atoms. The molecule has 0 atom stereocenters. The fourth-order valence-electron chi connectivity index (χ4n) is 3.40. The Morgan fingerprint density at radius 3 is 1.52 bits per heavy atom. The lowest BCUT2D eigenvalue weighted by Crippen LogP contribution is -2.47. The molecule has 27 heavy (non-hydrogen) atoms. The molecule has 0 heterocycles. The summed E-state index contributed by atoms with van der Waals surface area (Å²) in [5.41, 5.74) is 2.19. The van der Waals surface area contributed by atoms with Gasteiger partial charge in [0.05, 0.1) is 0 Å². The number of unbranched alkanes of at least 4 members (excludes halogenated alkanes) is 1. The van der Waals surface area contributed by atoms with Crippen LogP contribution >= 0.6 is 0 Å². The first kappa shape index (κ1) is 18.6. The number of aldehydes is 1. The maximum atomic E-state index is 12.8. The minimum atomic E-state index is -0.790. The summed E-state index contributed by atoms with van der Waals surface area (Å²) in [4.78, 5) is 23.4. The average Bonchev–Trinajstić information content (AvgIpc) is 2.74. The van der Waals surface area contributed by atoms with Crippen LogP contribution in [0.4, 0.5) is 0 Å². The molecular formula is C24H23NO2. The highest BCUT2D eigenvalue weighted by Crippen LogP contribution is 2.36. The van der Waals surface area contributed by atoms with Crippen molar-refractivity contribution in [1.82, 2.24) is 5.32 Å². The molecule has 0 unspecified atom stereocenters. The van der Waals surface area contributed by atoms with Crippen molar-refractivity contribution in [2.45, 2.75) is 24.8 Å². The molecule has 0 saturated carbocycles. The summed E-state index contributed by atoms with van der Waals surface area (Å²) in [5.74, 6) is -0.0755. The highest BCUT2D eigenvalue weighted by Gasteiger charge is 2.37. The molecule has 3 aromatic rings. The Kier molecular flexibility index (Phi) is 6.16. The van der Waals surface area contributed by atoms with Gasteiger partial charge >= 0.3 is 0 Å². The van der Waals surface area contributed by atoms with Gasteiger partial charge in [-0.15, -0.1) is 0 Å². The topological polar surface area (TPSA) is 46.2 Å². The van der Waals surface area contributed by atoms with Crippen molar-refractivity contribution in [3.63, 3.8) is 0 Å². The number of amides is 1. The molecule has 3 nitrogen and oxygen atoms in total. The third kappa shape index (κ3) is 4.14. The first-order chi connectivity index (χ1) is 13.3. The number of rotatable bonds is 8. The van der Waals surface area contributed by atoms with E-state index in [-0.39, 0.29) is 5.91 Å². The number of carbonyl (C=O) groups is 2. The van der Waals surface area contributed by atoms with E-state index < -0.39 is 5.54 Å². The molecular weight excluding hydrogens is 334 g/mol. The quantitative estimate of drug-likeness (QED) is 0.367. The summed E-state index contributed by atoms with van der Waals surface area (Å²) in [6.07, 6.45) is 2.10. The normalized spacial score (nSPS) is 11.0. The average molecular weight is 357 g/mol. The molecule has 0 aliphatic carbocycles. The molecule has 3 heteroatoms. The molecule has 0 spiro atoms. The molecule has 1 amide bonds. The van der Waals surface area contributed by atoms with Crippen molar-refractivity contribution in [2.24, 2.45) is 0 Å². The summed E-state index contributed by atoms with van der Waals surface area (Å²) < 4.78 is 0. The Hall–Kier alpha value is -3.20. The van der Waals surface area contributed by atoms with E-state index in [1.165, 1.54) is 0 Å². The Balaban J connectivity index is 2.14. The van der Waals surface area contributed by atoms with Crippen LogP contribution in [0.25, 0.3) is 0 Å². The van der Waals surface area contributed by atoms with Gasteiger partial charge in [0.15, 0.2) is 0 Å². The van der Waals surface area contributed by atoms with Crippen molar-refractivity contribution in [1.29, 1.82) is 0 Å². The van der Waals surface area contributed by atoms with Gasteiger partial charge in [0.25, 0.3) is 0 Å². The third-order valence-corrected chi connectivity index (χ3v) is 4.67. The van der Waals surface area contributed by atoms with Gasteiger partial charge in [-0.25, -0.2) is 0 Å². The fraction of sp³-hybridized carbons (Fsp3) is 0.167. The van der Waals surface area contributed by atoms with E-state index in [2.05, 4.69) is 5.32 Å². The van der Waals surface area contributed by atoms with Gasteiger partial charge in [0.1, 0.15) is 11.8 Å². The van der Waals surface area contributed by atoms with Gasteiger partial charge in [-0.1, -0.05) is 91.0 Å². The van der Waals surface area contributed by atoms with E-state index in [0.29, 0.717) is 19.3 Å². The zero-order valence-electron chi connectivity index (χ0n) is 15.2. The smallest absolute Gasteiger partial charge is 0.221 e. The second-order valence-corrected chi connectivity index (χ2v) is 6.46. The van der Waals surface area contributed by atoms with Crippen molar-refractivity contribution >= 4 is 12.2 Å². The second-order valence-electron chi connectivity index (χ2n) is 6.46. The van der Waals surface area contributed by atoms with Crippen LogP contribution in [-0.2, 0) is 15.1 Å². The standard InChI is InChI=1S/C24H23NO2/c26-19-11-10-18-23(27)25-24(20-12-4-1-5-13-20,21-14-6-2-7-15-21)22-16-8-3-9-17-22/h1-9,12-17,19H,10-11,18H2,(H,25,27). The van der Waals surface area contributed by atoms with Crippen molar-refractivity contribution in [3.8, 4) is 0 Å². The lowest BCUT2D eigenvalue weighted by molar-refractivity contribution is -0.122. The second kappa shape index (κ2) is 8.95.